The number of alkyl halides is 2. The fourth-order valence-electron chi connectivity index (χ4n) is 2.52. The Morgan fingerprint density at radius 1 is 0.833 bits per heavy atom. The first-order valence-corrected chi connectivity index (χ1v) is 8.23. The predicted molar refractivity (Wildman–Crippen MR) is 97.3 cm³/mol. The molecular weight excluding hydrogens is 326 g/mol. The molecule has 2 aromatic rings. The van der Waals surface area contributed by atoms with E-state index in [1.54, 1.807) is 12.1 Å². The van der Waals surface area contributed by atoms with Crippen LogP contribution in [0.15, 0.2) is 54.6 Å². The smallest absolute Gasteiger partial charge is 0.279 e. The molecule has 0 fully saturated rings. The standard InChI is InChI=1S/C20H22F2OS/c1-18(2,17(23)24)19(3,4)20(21,22)16-12-10-15(11-13-16)14-8-6-5-7-9-14/h5-13H,1-4H3,(H,23,24). The molecule has 0 N–H and O–H groups in total. The van der Waals surface area contributed by atoms with Crippen LogP contribution in [0.5, 0.6) is 0 Å². The quantitative estimate of drug-likeness (QED) is 0.660. The molecule has 0 bridgehead atoms. The lowest BCUT2D eigenvalue weighted by Crippen LogP contribution is -2.48. The molecule has 4 heteroatoms. The minimum atomic E-state index is -3.18. The Kier molecular flexibility index (Phi) is 4.91. The van der Waals surface area contributed by atoms with E-state index < -0.39 is 21.9 Å². The molecule has 0 atom stereocenters. The van der Waals surface area contributed by atoms with Crippen molar-refractivity contribution in [3.05, 3.63) is 60.2 Å². The molecule has 0 amide bonds. The van der Waals surface area contributed by atoms with E-state index in [1.165, 1.54) is 39.8 Å². The molecule has 0 heterocycles. The van der Waals surface area contributed by atoms with Crippen LogP contribution in [0.1, 0.15) is 33.3 Å². The number of halogens is 2. The van der Waals surface area contributed by atoms with Gasteiger partial charge in [0.15, 0.2) is 5.12 Å². The van der Waals surface area contributed by atoms with E-state index in [1.807, 2.05) is 30.3 Å². The van der Waals surface area contributed by atoms with E-state index in [-0.39, 0.29) is 5.56 Å². The molecule has 128 valence electrons. The molecule has 0 radical (unpaired) electrons. The molecule has 0 saturated heterocycles. The van der Waals surface area contributed by atoms with Crippen molar-refractivity contribution in [2.75, 3.05) is 0 Å². The lowest BCUT2D eigenvalue weighted by atomic mass is 9.63. The van der Waals surface area contributed by atoms with E-state index in [4.69, 9.17) is 0 Å². The van der Waals surface area contributed by atoms with Gasteiger partial charge < -0.3 is 0 Å². The van der Waals surface area contributed by atoms with Gasteiger partial charge in [-0.1, -0.05) is 82.3 Å². The average molecular weight is 348 g/mol. The summed E-state index contributed by atoms with van der Waals surface area (Å²) in [6.07, 6.45) is 0. The highest BCUT2D eigenvalue weighted by molar-refractivity contribution is 7.96. The Morgan fingerprint density at radius 3 is 1.75 bits per heavy atom. The van der Waals surface area contributed by atoms with Crippen LogP contribution >= 0.6 is 12.6 Å². The van der Waals surface area contributed by atoms with Crippen molar-refractivity contribution in [1.82, 2.24) is 0 Å². The van der Waals surface area contributed by atoms with E-state index in [0.29, 0.717) is 0 Å². The Labute approximate surface area is 147 Å². The molecule has 24 heavy (non-hydrogen) atoms. The summed E-state index contributed by atoms with van der Waals surface area (Å²) >= 11 is 3.81. The van der Waals surface area contributed by atoms with Crippen molar-refractivity contribution in [1.29, 1.82) is 0 Å². The van der Waals surface area contributed by atoms with Crippen molar-refractivity contribution >= 4 is 17.7 Å². The minimum Gasteiger partial charge on any atom is -0.287 e. The number of benzene rings is 2. The summed E-state index contributed by atoms with van der Waals surface area (Å²) in [6.45, 7) is 5.83. The van der Waals surface area contributed by atoms with Crippen LogP contribution in [0.3, 0.4) is 0 Å². The van der Waals surface area contributed by atoms with Crippen molar-refractivity contribution in [3.8, 4) is 11.1 Å². The maximum Gasteiger partial charge on any atom is 0.279 e. The van der Waals surface area contributed by atoms with Crippen LogP contribution in [-0.4, -0.2) is 5.12 Å². The van der Waals surface area contributed by atoms with Gasteiger partial charge in [0.1, 0.15) is 0 Å². The SMILES string of the molecule is CC(C)(C(=O)S)C(C)(C)C(F)(F)c1ccc(-c2ccccc2)cc1. The minimum absolute atomic E-state index is 0.102. The maximum absolute atomic E-state index is 15.1. The Hall–Kier alpha value is -1.68. The fourth-order valence-corrected chi connectivity index (χ4v) is 2.80. The number of hydrogen-bond acceptors (Lipinski definition) is 1. The lowest BCUT2D eigenvalue weighted by Gasteiger charge is -2.44. The van der Waals surface area contributed by atoms with Gasteiger partial charge in [0.25, 0.3) is 5.92 Å². The van der Waals surface area contributed by atoms with Crippen LogP contribution in [-0.2, 0) is 10.7 Å². The van der Waals surface area contributed by atoms with Gasteiger partial charge >= 0.3 is 0 Å². The first kappa shape index (κ1) is 18.7. The maximum atomic E-state index is 15.1. The molecule has 0 unspecified atom stereocenters. The van der Waals surface area contributed by atoms with Crippen LogP contribution in [0.25, 0.3) is 11.1 Å². The molecule has 0 aliphatic carbocycles. The van der Waals surface area contributed by atoms with Crippen molar-refractivity contribution in [2.45, 2.75) is 33.6 Å². The van der Waals surface area contributed by atoms with Crippen LogP contribution in [0, 0.1) is 10.8 Å². The number of rotatable bonds is 5. The third-order valence-corrected chi connectivity index (χ3v) is 5.80. The first-order chi connectivity index (χ1) is 11.0. The zero-order valence-corrected chi connectivity index (χ0v) is 15.2. The van der Waals surface area contributed by atoms with Gasteiger partial charge in [0, 0.05) is 16.4 Å². The monoisotopic (exact) mass is 348 g/mol. The van der Waals surface area contributed by atoms with Crippen molar-refractivity contribution < 1.29 is 13.6 Å². The van der Waals surface area contributed by atoms with Gasteiger partial charge in [-0.25, -0.2) is 8.78 Å². The largest absolute Gasteiger partial charge is 0.287 e. The molecule has 0 aliphatic heterocycles. The number of hydrogen-bond donors (Lipinski definition) is 1. The van der Waals surface area contributed by atoms with Crippen LogP contribution in [0.4, 0.5) is 8.78 Å². The molecule has 0 aromatic heterocycles. The Morgan fingerprint density at radius 2 is 1.29 bits per heavy atom. The van der Waals surface area contributed by atoms with Gasteiger partial charge in [-0.3, -0.25) is 4.79 Å². The summed E-state index contributed by atoms with van der Waals surface area (Å²) in [5.41, 5.74) is -1.13. The van der Waals surface area contributed by atoms with E-state index in [2.05, 4.69) is 12.6 Å². The molecule has 2 aromatic carbocycles. The summed E-state index contributed by atoms with van der Waals surface area (Å²) in [7, 11) is 0. The van der Waals surface area contributed by atoms with E-state index in [9.17, 15) is 4.79 Å². The van der Waals surface area contributed by atoms with E-state index >= 15 is 8.78 Å². The summed E-state index contributed by atoms with van der Waals surface area (Å²) in [5, 5.41) is -0.548. The topological polar surface area (TPSA) is 17.1 Å². The third-order valence-electron chi connectivity index (χ3n) is 5.24. The Bertz CT molecular complexity index is 719. The number of carbonyl (C=O) groups is 1. The van der Waals surface area contributed by atoms with Crippen molar-refractivity contribution in [2.24, 2.45) is 10.8 Å². The van der Waals surface area contributed by atoms with Crippen LogP contribution in [0.2, 0.25) is 0 Å². The summed E-state index contributed by atoms with van der Waals surface area (Å²) < 4.78 is 30.3. The van der Waals surface area contributed by atoms with E-state index in [0.717, 1.165) is 11.1 Å². The van der Waals surface area contributed by atoms with Gasteiger partial charge in [0.2, 0.25) is 0 Å². The predicted octanol–water partition coefficient (Wildman–Crippen LogP) is 5.95. The second kappa shape index (κ2) is 6.32. The van der Waals surface area contributed by atoms with Gasteiger partial charge in [-0.15, -0.1) is 12.6 Å². The second-order valence-electron chi connectivity index (χ2n) is 7.07. The normalized spacial score (nSPS) is 13.0. The van der Waals surface area contributed by atoms with Crippen LogP contribution < -0.4 is 0 Å². The highest BCUT2D eigenvalue weighted by Gasteiger charge is 2.58. The van der Waals surface area contributed by atoms with Crippen molar-refractivity contribution in [3.63, 3.8) is 0 Å². The molecule has 2 rings (SSSR count). The fraction of sp³-hybridized carbons (Fsp3) is 0.350. The molecular formula is C20H22F2OS. The molecule has 0 aliphatic rings. The number of thiol groups is 1. The zero-order valence-electron chi connectivity index (χ0n) is 14.3. The Balaban J connectivity index is 2.41. The second-order valence-corrected chi connectivity index (χ2v) is 7.48. The molecule has 0 spiro atoms. The average Bonchev–Trinajstić information content (AvgIpc) is 2.55. The summed E-state index contributed by atoms with van der Waals surface area (Å²) in [6, 6.07) is 15.8. The highest BCUT2D eigenvalue weighted by Crippen LogP contribution is 2.55. The molecule has 0 saturated carbocycles. The summed E-state index contributed by atoms with van der Waals surface area (Å²) in [4.78, 5) is 11.8. The van der Waals surface area contributed by atoms with Gasteiger partial charge in [-0.2, -0.15) is 0 Å². The summed E-state index contributed by atoms with van der Waals surface area (Å²) in [5.74, 6) is -3.18. The molecule has 1 nitrogen and oxygen atoms in total. The van der Waals surface area contributed by atoms with Gasteiger partial charge in [-0.05, 0) is 11.1 Å². The first-order valence-electron chi connectivity index (χ1n) is 7.79. The lowest BCUT2D eigenvalue weighted by molar-refractivity contribution is -0.171. The highest BCUT2D eigenvalue weighted by atomic mass is 32.1. The number of carbonyl (C=O) groups excluding carboxylic acids is 1. The third kappa shape index (κ3) is 3.00. The van der Waals surface area contributed by atoms with Gasteiger partial charge in [0.05, 0.1) is 0 Å². The zero-order chi connectivity index (χ0) is 18.2.